The third kappa shape index (κ3) is 3.94. The van der Waals surface area contributed by atoms with Gasteiger partial charge in [0.05, 0.1) is 12.1 Å². The Morgan fingerprint density at radius 3 is 2.40 bits per heavy atom. The van der Waals surface area contributed by atoms with Crippen molar-refractivity contribution in [3.63, 3.8) is 0 Å². The Balaban J connectivity index is 1.91. The molecule has 1 amide bonds. The zero-order chi connectivity index (χ0) is 18.0. The Labute approximate surface area is 148 Å². The van der Waals surface area contributed by atoms with E-state index in [1.807, 2.05) is 75.4 Å². The van der Waals surface area contributed by atoms with Crippen LogP contribution in [0.25, 0.3) is 0 Å². The van der Waals surface area contributed by atoms with E-state index in [0.717, 1.165) is 16.9 Å². The lowest BCUT2D eigenvalue weighted by Crippen LogP contribution is -2.49. The normalized spacial score (nSPS) is 22.5. The summed E-state index contributed by atoms with van der Waals surface area (Å²) in [5.74, 6) is 0.721. The molecule has 0 saturated carbocycles. The molecule has 0 bridgehead atoms. The van der Waals surface area contributed by atoms with E-state index in [4.69, 9.17) is 15.2 Å². The summed E-state index contributed by atoms with van der Waals surface area (Å²) in [5, 5.41) is 2.91. The van der Waals surface area contributed by atoms with Crippen molar-refractivity contribution in [1.29, 1.82) is 0 Å². The van der Waals surface area contributed by atoms with Crippen LogP contribution in [0.2, 0.25) is 0 Å². The highest BCUT2D eigenvalue weighted by Crippen LogP contribution is 2.40. The number of nitrogens with one attached hydrogen (secondary N) is 1. The summed E-state index contributed by atoms with van der Waals surface area (Å²) >= 11 is 0. The number of nitrogens with two attached hydrogens (primary N) is 1. The van der Waals surface area contributed by atoms with Gasteiger partial charge in [0, 0.05) is 5.56 Å². The van der Waals surface area contributed by atoms with Gasteiger partial charge in [-0.1, -0.05) is 48.5 Å². The smallest absolute Gasteiger partial charge is 0.408 e. The fraction of sp³-hybridized carbons (Fsp3) is 0.350. The number of fused-ring (bicyclic) bond motifs is 1. The number of carbonyl (C=O) groups excluding carboxylic acids is 1. The van der Waals surface area contributed by atoms with Gasteiger partial charge in [0.2, 0.25) is 0 Å². The predicted molar refractivity (Wildman–Crippen MR) is 96.3 cm³/mol. The number of para-hydroxylation sites is 1. The van der Waals surface area contributed by atoms with Gasteiger partial charge in [-0.15, -0.1) is 0 Å². The topological polar surface area (TPSA) is 73.6 Å². The van der Waals surface area contributed by atoms with Gasteiger partial charge in [0.1, 0.15) is 17.5 Å². The van der Waals surface area contributed by atoms with Crippen LogP contribution in [0.4, 0.5) is 4.79 Å². The Hall–Kier alpha value is -2.53. The molecule has 3 N–H and O–H groups in total. The Kier molecular flexibility index (Phi) is 4.68. The van der Waals surface area contributed by atoms with E-state index in [9.17, 15) is 4.79 Å². The number of rotatable bonds is 2. The summed E-state index contributed by atoms with van der Waals surface area (Å²) in [6.45, 7) is 5.49. The van der Waals surface area contributed by atoms with E-state index >= 15 is 0 Å². The molecule has 0 spiro atoms. The molecule has 0 radical (unpaired) electrons. The van der Waals surface area contributed by atoms with Crippen molar-refractivity contribution >= 4 is 6.09 Å². The maximum absolute atomic E-state index is 12.3. The summed E-state index contributed by atoms with van der Waals surface area (Å²) in [7, 11) is 0. The number of ether oxygens (including phenoxy) is 2. The van der Waals surface area contributed by atoms with E-state index in [1.54, 1.807) is 0 Å². The van der Waals surface area contributed by atoms with Crippen LogP contribution >= 0.6 is 0 Å². The quantitative estimate of drug-likeness (QED) is 0.874. The molecule has 1 aliphatic heterocycles. The van der Waals surface area contributed by atoms with Crippen molar-refractivity contribution in [3.8, 4) is 5.75 Å². The third-order valence-corrected chi connectivity index (χ3v) is 4.04. The van der Waals surface area contributed by atoms with Crippen molar-refractivity contribution in [2.75, 3.05) is 0 Å². The Morgan fingerprint density at radius 1 is 1.08 bits per heavy atom. The average Bonchev–Trinajstić information content (AvgIpc) is 2.56. The highest BCUT2D eigenvalue weighted by Gasteiger charge is 2.38. The van der Waals surface area contributed by atoms with E-state index in [-0.39, 0.29) is 6.10 Å². The van der Waals surface area contributed by atoms with Gasteiger partial charge >= 0.3 is 6.09 Å². The average molecular weight is 340 g/mol. The van der Waals surface area contributed by atoms with Crippen LogP contribution < -0.4 is 15.8 Å². The fourth-order valence-corrected chi connectivity index (χ4v) is 2.98. The Morgan fingerprint density at radius 2 is 1.72 bits per heavy atom. The first-order chi connectivity index (χ1) is 11.8. The van der Waals surface area contributed by atoms with Crippen LogP contribution in [0, 0.1) is 0 Å². The monoisotopic (exact) mass is 340 g/mol. The van der Waals surface area contributed by atoms with Gasteiger partial charge in [0.15, 0.2) is 0 Å². The fourth-order valence-electron chi connectivity index (χ4n) is 2.98. The van der Waals surface area contributed by atoms with Crippen LogP contribution in [0.5, 0.6) is 5.75 Å². The summed E-state index contributed by atoms with van der Waals surface area (Å²) < 4.78 is 11.5. The van der Waals surface area contributed by atoms with Crippen molar-refractivity contribution in [2.24, 2.45) is 5.73 Å². The SMILES string of the molecule is CC(C)(C)OC(=O)N[C@@H]1c2ccccc2O[C@@H](c2ccccc2)[C@@H]1N. The van der Waals surface area contributed by atoms with E-state index in [2.05, 4.69) is 5.32 Å². The van der Waals surface area contributed by atoms with Crippen LogP contribution in [-0.2, 0) is 4.74 Å². The minimum atomic E-state index is -0.572. The highest BCUT2D eigenvalue weighted by molar-refractivity contribution is 5.69. The van der Waals surface area contributed by atoms with Gasteiger partial charge in [-0.3, -0.25) is 0 Å². The zero-order valence-corrected chi connectivity index (χ0v) is 14.7. The van der Waals surface area contributed by atoms with Crippen LogP contribution in [0.1, 0.15) is 44.0 Å². The molecule has 0 fully saturated rings. The molecule has 3 rings (SSSR count). The molecule has 1 aliphatic rings. The first-order valence-corrected chi connectivity index (χ1v) is 8.41. The number of amides is 1. The second kappa shape index (κ2) is 6.76. The van der Waals surface area contributed by atoms with E-state index < -0.39 is 23.8 Å². The lowest BCUT2D eigenvalue weighted by atomic mass is 9.89. The molecule has 132 valence electrons. The van der Waals surface area contributed by atoms with E-state index in [1.165, 1.54) is 0 Å². The van der Waals surface area contributed by atoms with Gasteiger partial charge < -0.3 is 20.5 Å². The number of carbonyl (C=O) groups is 1. The maximum Gasteiger partial charge on any atom is 0.408 e. The number of hydrogen-bond acceptors (Lipinski definition) is 4. The first kappa shape index (κ1) is 17.3. The summed E-state index contributed by atoms with van der Waals surface area (Å²) in [6.07, 6.45) is -0.840. The minimum Gasteiger partial charge on any atom is -0.484 e. The van der Waals surface area contributed by atoms with Gasteiger partial charge in [-0.25, -0.2) is 4.79 Å². The largest absolute Gasteiger partial charge is 0.484 e. The maximum atomic E-state index is 12.3. The van der Waals surface area contributed by atoms with Crippen LogP contribution in [0.15, 0.2) is 54.6 Å². The summed E-state index contributed by atoms with van der Waals surface area (Å²) in [4.78, 5) is 12.3. The summed E-state index contributed by atoms with van der Waals surface area (Å²) in [5.41, 5.74) is 7.74. The molecule has 2 aromatic carbocycles. The molecule has 0 unspecified atom stereocenters. The van der Waals surface area contributed by atoms with Crippen molar-refractivity contribution in [3.05, 3.63) is 65.7 Å². The van der Waals surface area contributed by atoms with Crippen molar-refractivity contribution in [1.82, 2.24) is 5.32 Å². The number of benzene rings is 2. The second-order valence-corrected chi connectivity index (χ2v) is 7.19. The minimum absolute atomic E-state index is 0.351. The number of alkyl carbamates (subject to hydrolysis) is 1. The predicted octanol–water partition coefficient (Wildman–Crippen LogP) is 3.71. The molecular formula is C20H24N2O3. The lowest BCUT2D eigenvalue weighted by Gasteiger charge is -2.38. The molecule has 0 aromatic heterocycles. The molecule has 1 heterocycles. The van der Waals surface area contributed by atoms with Crippen molar-refractivity contribution < 1.29 is 14.3 Å². The molecule has 3 atom stereocenters. The van der Waals surface area contributed by atoms with Crippen LogP contribution in [0.3, 0.4) is 0 Å². The molecular weight excluding hydrogens is 316 g/mol. The molecule has 0 aliphatic carbocycles. The van der Waals surface area contributed by atoms with Crippen molar-refractivity contribution in [2.45, 2.75) is 44.6 Å². The summed E-state index contributed by atoms with van der Waals surface area (Å²) in [6, 6.07) is 16.6. The van der Waals surface area contributed by atoms with Gasteiger partial charge in [-0.05, 0) is 32.4 Å². The molecule has 2 aromatic rings. The van der Waals surface area contributed by atoms with Gasteiger partial charge in [0.25, 0.3) is 0 Å². The van der Waals surface area contributed by atoms with Gasteiger partial charge in [-0.2, -0.15) is 0 Å². The Bertz CT molecular complexity index is 740. The second-order valence-electron chi connectivity index (χ2n) is 7.19. The first-order valence-electron chi connectivity index (χ1n) is 8.41. The molecule has 25 heavy (non-hydrogen) atoms. The standard InChI is InChI=1S/C20H24N2O3/c1-20(2,3)25-19(23)22-17-14-11-7-8-12-15(14)24-18(16(17)21)13-9-5-4-6-10-13/h4-12,16-18H,21H2,1-3H3,(H,22,23)/t16-,17-,18+/m1/s1. The lowest BCUT2D eigenvalue weighted by molar-refractivity contribution is 0.0450. The highest BCUT2D eigenvalue weighted by atomic mass is 16.6. The zero-order valence-electron chi connectivity index (χ0n) is 14.7. The van der Waals surface area contributed by atoms with Crippen LogP contribution in [-0.4, -0.2) is 17.7 Å². The number of hydrogen-bond donors (Lipinski definition) is 2. The van der Waals surface area contributed by atoms with E-state index in [0.29, 0.717) is 0 Å². The molecule has 5 nitrogen and oxygen atoms in total. The third-order valence-electron chi connectivity index (χ3n) is 4.04. The molecule has 5 heteroatoms. The molecule has 0 saturated heterocycles.